The van der Waals surface area contributed by atoms with Gasteiger partial charge in [-0.15, -0.1) is 0 Å². The molecule has 3 heteroatoms. The van der Waals surface area contributed by atoms with E-state index in [0.29, 0.717) is 18.6 Å². The van der Waals surface area contributed by atoms with E-state index in [1.807, 2.05) is 12.1 Å². The Bertz CT molecular complexity index is 272. The molecule has 0 radical (unpaired) electrons. The standard InChI is InChI=1S/C14H25NO2/c1-3-13(8-9-16)11-15-12(2)6-7-14-5-4-10-17-14/h4-5,10,12-13,15-16H,3,6-9,11H2,1-2H3. The maximum Gasteiger partial charge on any atom is 0.103 e. The number of hydrogen-bond acceptors (Lipinski definition) is 3. The maximum absolute atomic E-state index is 8.92. The van der Waals surface area contributed by atoms with Crippen LogP contribution in [0.4, 0.5) is 0 Å². The van der Waals surface area contributed by atoms with Gasteiger partial charge in [0.2, 0.25) is 0 Å². The molecule has 2 N–H and O–H groups in total. The number of rotatable bonds is 9. The zero-order valence-corrected chi connectivity index (χ0v) is 11.0. The first kappa shape index (κ1) is 14.3. The van der Waals surface area contributed by atoms with Crippen LogP contribution < -0.4 is 5.32 Å². The van der Waals surface area contributed by atoms with Gasteiger partial charge >= 0.3 is 0 Å². The minimum atomic E-state index is 0.293. The highest BCUT2D eigenvalue weighted by Gasteiger charge is 2.08. The number of nitrogens with one attached hydrogen (secondary N) is 1. The molecule has 0 saturated heterocycles. The molecule has 2 unspecified atom stereocenters. The largest absolute Gasteiger partial charge is 0.469 e. The van der Waals surface area contributed by atoms with Crippen molar-refractivity contribution in [1.29, 1.82) is 0 Å². The topological polar surface area (TPSA) is 45.4 Å². The van der Waals surface area contributed by atoms with Crippen molar-refractivity contribution in [2.75, 3.05) is 13.2 Å². The molecule has 0 aliphatic heterocycles. The molecule has 1 aromatic rings. The van der Waals surface area contributed by atoms with Gasteiger partial charge in [0.05, 0.1) is 6.26 Å². The molecular formula is C14H25NO2. The molecule has 0 saturated carbocycles. The van der Waals surface area contributed by atoms with E-state index >= 15 is 0 Å². The van der Waals surface area contributed by atoms with Crippen LogP contribution in [0, 0.1) is 5.92 Å². The summed E-state index contributed by atoms with van der Waals surface area (Å²) in [5, 5.41) is 12.4. The van der Waals surface area contributed by atoms with Crippen LogP contribution in [0.15, 0.2) is 22.8 Å². The van der Waals surface area contributed by atoms with Crippen LogP contribution in [0.25, 0.3) is 0 Å². The van der Waals surface area contributed by atoms with E-state index in [2.05, 4.69) is 19.2 Å². The normalized spacial score (nSPS) is 14.8. The molecule has 2 atom stereocenters. The number of aryl methyl sites for hydroxylation is 1. The fourth-order valence-corrected chi connectivity index (χ4v) is 1.92. The summed E-state index contributed by atoms with van der Waals surface area (Å²) in [6, 6.07) is 4.45. The minimum Gasteiger partial charge on any atom is -0.469 e. The second-order valence-corrected chi connectivity index (χ2v) is 4.71. The van der Waals surface area contributed by atoms with Crippen LogP contribution >= 0.6 is 0 Å². The Morgan fingerprint density at radius 3 is 2.82 bits per heavy atom. The van der Waals surface area contributed by atoms with E-state index in [9.17, 15) is 0 Å². The molecule has 98 valence electrons. The summed E-state index contributed by atoms with van der Waals surface area (Å²) in [4.78, 5) is 0. The van der Waals surface area contributed by atoms with E-state index in [1.165, 1.54) is 0 Å². The highest BCUT2D eigenvalue weighted by atomic mass is 16.3. The van der Waals surface area contributed by atoms with Gasteiger partial charge in [0.1, 0.15) is 5.76 Å². The predicted octanol–water partition coefficient (Wildman–Crippen LogP) is 2.60. The Hall–Kier alpha value is -0.800. The second kappa shape index (κ2) is 8.31. The molecule has 3 nitrogen and oxygen atoms in total. The monoisotopic (exact) mass is 239 g/mol. The maximum atomic E-state index is 8.92. The van der Waals surface area contributed by atoms with Crippen molar-refractivity contribution >= 4 is 0 Å². The van der Waals surface area contributed by atoms with E-state index in [4.69, 9.17) is 9.52 Å². The Morgan fingerprint density at radius 1 is 1.41 bits per heavy atom. The molecule has 0 aliphatic rings. The van der Waals surface area contributed by atoms with Crippen LogP contribution in [0.3, 0.4) is 0 Å². The van der Waals surface area contributed by atoms with Gasteiger partial charge in [-0.05, 0) is 44.4 Å². The Balaban J connectivity index is 2.13. The first-order valence-corrected chi connectivity index (χ1v) is 6.62. The van der Waals surface area contributed by atoms with Crippen LogP contribution in [-0.2, 0) is 6.42 Å². The summed E-state index contributed by atoms with van der Waals surface area (Å²) >= 11 is 0. The molecule has 0 spiro atoms. The van der Waals surface area contributed by atoms with Gasteiger partial charge in [-0.1, -0.05) is 13.3 Å². The van der Waals surface area contributed by atoms with Crippen molar-refractivity contribution in [3.8, 4) is 0 Å². The lowest BCUT2D eigenvalue weighted by Gasteiger charge is -2.18. The van der Waals surface area contributed by atoms with Crippen LogP contribution in [0.2, 0.25) is 0 Å². The van der Waals surface area contributed by atoms with Crippen LogP contribution in [-0.4, -0.2) is 24.3 Å². The molecule has 0 aromatic carbocycles. The third kappa shape index (κ3) is 5.89. The van der Waals surface area contributed by atoms with Crippen molar-refractivity contribution in [2.24, 2.45) is 5.92 Å². The third-order valence-electron chi connectivity index (χ3n) is 3.27. The van der Waals surface area contributed by atoms with Crippen LogP contribution in [0.5, 0.6) is 0 Å². The average molecular weight is 239 g/mol. The van der Waals surface area contributed by atoms with Gasteiger partial charge in [-0.3, -0.25) is 0 Å². The fourth-order valence-electron chi connectivity index (χ4n) is 1.92. The van der Waals surface area contributed by atoms with Gasteiger partial charge in [0, 0.05) is 19.1 Å². The lowest BCUT2D eigenvalue weighted by atomic mass is 10.0. The number of furan rings is 1. The Morgan fingerprint density at radius 2 is 2.24 bits per heavy atom. The summed E-state index contributed by atoms with van der Waals surface area (Å²) in [5.41, 5.74) is 0. The molecule has 0 bridgehead atoms. The second-order valence-electron chi connectivity index (χ2n) is 4.71. The van der Waals surface area contributed by atoms with Gasteiger partial charge in [-0.25, -0.2) is 0 Å². The molecule has 1 aromatic heterocycles. The van der Waals surface area contributed by atoms with E-state index in [1.54, 1.807) is 6.26 Å². The summed E-state index contributed by atoms with van der Waals surface area (Å²) in [7, 11) is 0. The summed E-state index contributed by atoms with van der Waals surface area (Å²) in [6.07, 6.45) is 5.82. The minimum absolute atomic E-state index is 0.293. The Labute approximate surface area is 104 Å². The summed E-state index contributed by atoms with van der Waals surface area (Å²) < 4.78 is 5.31. The molecule has 0 fully saturated rings. The van der Waals surface area contributed by atoms with Crippen LogP contribution in [0.1, 0.15) is 38.9 Å². The average Bonchev–Trinajstić information content (AvgIpc) is 2.85. The van der Waals surface area contributed by atoms with Crippen molar-refractivity contribution in [3.05, 3.63) is 24.2 Å². The van der Waals surface area contributed by atoms with E-state index in [0.717, 1.165) is 38.0 Å². The molecule has 1 heterocycles. The third-order valence-corrected chi connectivity index (χ3v) is 3.27. The van der Waals surface area contributed by atoms with Crippen molar-refractivity contribution in [3.63, 3.8) is 0 Å². The van der Waals surface area contributed by atoms with Crippen molar-refractivity contribution < 1.29 is 9.52 Å². The highest BCUT2D eigenvalue weighted by molar-refractivity contribution is 4.98. The van der Waals surface area contributed by atoms with Gasteiger partial charge in [-0.2, -0.15) is 0 Å². The smallest absolute Gasteiger partial charge is 0.103 e. The number of hydrogen-bond donors (Lipinski definition) is 2. The summed E-state index contributed by atoms with van der Waals surface area (Å²) in [5.74, 6) is 1.65. The molecule has 0 amide bonds. The van der Waals surface area contributed by atoms with E-state index < -0.39 is 0 Å². The van der Waals surface area contributed by atoms with Crippen molar-refractivity contribution in [2.45, 2.75) is 45.6 Å². The Kier molecular flexibility index (Phi) is 6.97. The summed E-state index contributed by atoms with van der Waals surface area (Å²) in [6.45, 7) is 5.67. The van der Waals surface area contributed by atoms with Gasteiger partial charge < -0.3 is 14.8 Å². The lowest BCUT2D eigenvalue weighted by molar-refractivity contribution is 0.248. The zero-order valence-electron chi connectivity index (χ0n) is 11.0. The van der Waals surface area contributed by atoms with Gasteiger partial charge in [0.25, 0.3) is 0 Å². The van der Waals surface area contributed by atoms with Crippen molar-refractivity contribution in [1.82, 2.24) is 5.32 Å². The fraction of sp³-hybridized carbons (Fsp3) is 0.714. The first-order valence-electron chi connectivity index (χ1n) is 6.62. The first-order chi connectivity index (χ1) is 8.26. The molecule has 17 heavy (non-hydrogen) atoms. The SMILES string of the molecule is CCC(CCO)CNC(C)CCc1ccco1. The zero-order chi connectivity index (χ0) is 12.5. The van der Waals surface area contributed by atoms with Gasteiger partial charge in [0.15, 0.2) is 0 Å². The molecule has 1 rings (SSSR count). The lowest BCUT2D eigenvalue weighted by Crippen LogP contribution is -2.31. The molecule has 0 aliphatic carbocycles. The quantitative estimate of drug-likeness (QED) is 0.696. The molecular weight excluding hydrogens is 214 g/mol. The highest BCUT2D eigenvalue weighted by Crippen LogP contribution is 2.08. The number of aliphatic hydroxyl groups excluding tert-OH is 1. The number of aliphatic hydroxyl groups is 1. The van der Waals surface area contributed by atoms with E-state index in [-0.39, 0.29) is 0 Å². The predicted molar refractivity (Wildman–Crippen MR) is 70.0 cm³/mol.